The van der Waals surface area contributed by atoms with E-state index in [0.717, 1.165) is 5.75 Å². The summed E-state index contributed by atoms with van der Waals surface area (Å²) in [7, 11) is 0. The van der Waals surface area contributed by atoms with Gasteiger partial charge < -0.3 is 10.4 Å². The molecule has 1 aromatic rings. The number of carboxylic acids is 1. The van der Waals surface area contributed by atoms with Gasteiger partial charge in [0, 0.05) is 24.0 Å². The van der Waals surface area contributed by atoms with E-state index in [-0.39, 0.29) is 17.5 Å². The van der Waals surface area contributed by atoms with Crippen LogP contribution in [0.2, 0.25) is 0 Å². The van der Waals surface area contributed by atoms with E-state index < -0.39 is 17.4 Å². The fourth-order valence-electron chi connectivity index (χ4n) is 1.97. The first kappa shape index (κ1) is 14.6. The molecule has 8 heteroatoms. The number of nitrogens with zero attached hydrogens (tertiary/aromatic N) is 2. The van der Waals surface area contributed by atoms with Gasteiger partial charge in [-0.2, -0.15) is 0 Å². The number of carboxylic acid groups (broad SMARTS) is 1. The third-order valence-electron chi connectivity index (χ3n) is 2.85. The van der Waals surface area contributed by atoms with Gasteiger partial charge in [0.1, 0.15) is 5.56 Å². The van der Waals surface area contributed by atoms with E-state index in [1.165, 1.54) is 22.5 Å². The van der Waals surface area contributed by atoms with Crippen molar-refractivity contribution in [1.82, 2.24) is 14.9 Å². The van der Waals surface area contributed by atoms with E-state index >= 15 is 0 Å². The highest BCUT2D eigenvalue weighted by molar-refractivity contribution is 7.99. The first-order valence-electron chi connectivity index (χ1n) is 6.07. The molecule has 0 radical (unpaired) electrons. The van der Waals surface area contributed by atoms with Crippen molar-refractivity contribution >= 4 is 23.6 Å². The molecule has 0 saturated heterocycles. The normalized spacial score (nSPS) is 13.9. The molecule has 2 N–H and O–H groups in total. The third-order valence-corrected chi connectivity index (χ3v) is 3.82. The molecule has 7 nitrogen and oxygen atoms in total. The second-order valence-electron chi connectivity index (χ2n) is 5.17. The molecule has 0 aliphatic carbocycles. The van der Waals surface area contributed by atoms with E-state index in [0.29, 0.717) is 11.7 Å². The number of amides is 1. The maximum absolute atomic E-state index is 12.1. The van der Waals surface area contributed by atoms with Gasteiger partial charge in [0.25, 0.3) is 11.5 Å². The van der Waals surface area contributed by atoms with E-state index in [1.807, 2.05) is 0 Å². The number of carbonyl (C=O) groups is 2. The van der Waals surface area contributed by atoms with Crippen molar-refractivity contribution in [1.29, 1.82) is 0 Å². The van der Waals surface area contributed by atoms with Gasteiger partial charge in [0.05, 0.1) is 6.42 Å². The molecular formula is C12H15N3O4S. The first-order chi connectivity index (χ1) is 9.30. The van der Waals surface area contributed by atoms with Crippen LogP contribution in [-0.2, 0) is 11.3 Å². The largest absolute Gasteiger partial charge is 0.481 e. The summed E-state index contributed by atoms with van der Waals surface area (Å²) in [6.07, 6.45) is 1.02. The molecule has 0 fully saturated rings. The van der Waals surface area contributed by atoms with Gasteiger partial charge in [0.2, 0.25) is 0 Å². The van der Waals surface area contributed by atoms with Crippen LogP contribution in [0.4, 0.5) is 0 Å². The van der Waals surface area contributed by atoms with Crippen molar-refractivity contribution in [3.8, 4) is 0 Å². The van der Waals surface area contributed by atoms with Crippen LogP contribution in [0, 0.1) is 0 Å². The lowest BCUT2D eigenvalue weighted by Crippen LogP contribution is -2.46. The molecule has 0 unspecified atom stereocenters. The minimum atomic E-state index is -1.02. The number of carbonyl (C=O) groups excluding carboxylic acids is 1. The summed E-state index contributed by atoms with van der Waals surface area (Å²) in [4.78, 5) is 39.0. The molecule has 2 rings (SSSR count). The van der Waals surface area contributed by atoms with Crippen LogP contribution < -0.4 is 10.9 Å². The van der Waals surface area contributed by atoms with Crippen molar-refractivity contribution in [3.05, 3.63) is 22.1 Å². The molecule has 0 saturated carbocycles. The van der Waals surface area contributed by atoms with E-state index in [2.05, 4.69) is 10.3 Å². The lowest BCUT2D eigenvalue weighted by molar-refractivity contribution is -0.138. The zero-order chi connectivity index (χ0) is 14.9. The van der Waals surface area contributed by atoms with Crippen LogP contribution in [0.3, 0.4) is 0 Å². The van der Waals surface area contributed by atoms with Gasteiger partial charge in [-0.1, -0.05) is 11.8 Å². The Balaban J connectivity index is 2.23. The van der Waals surface area contributed by atoms with Gasteiger partial charge in [-0.25, -0.2) is 4.98 Å². The van der Waals surface area contributed by atoms with E-state index in [4.69, 9.17) is 5.11 Å². The number of fused-ring (bicyclic) bond motifs is 1. The standard InChI is InChI=1S/C12H15N3O4S/c1-12(2,5-8(16)17)14-9(18)7-6-13-11-15(10(7)19)3-4-20-11/h6H,3-5H2,1-2H3,(H,14,18)(H,16,17). The number of thioether (sulfide) groups is 1. The topological polar surface area (TPSA) is 101 Å². The Labute approximate surface area is 119 Å². The summed E-state index contributed by atoms with van der Waals surface area (Å²) in [5.41, 5.74) is -1.38. The first-order valence-corrected chi connectivity index (χ1v) is 7.06. The van der Waals surface area contributed by atoms with Gasteiger partial charge in [0.15, 0.2) is 5.16 Å². The van der Waals surface area contributed by atoms with Crippen LogP contribution in [0.25, 0.3) is 0 Å². The van der Waals surface area contributed by atoms with Crippen LogP contribution in [0.15, 0.2) is 16.1 Å². The molecule has 1 aliphatic rings. The third kappa shape index (κ3) is 3.01. The Morgan fingerprint density at radius 1 is 1.55 bits per heavy atom. The molecule has 20 heavy (non-hydrogen) atoms. The maximum atomic E-state index is 12.1. The van der Waals surface area contributed by atoms with Crippen LogP contribution >= 0.6 is 11.8 Å². The fraction of sp³-hybridized carbons (Fsp3) is 0.500. The summed E-state index contributed by atoms with van der Waals surface area (Å²) in [5, 5.41) is 11.9. The van der Waals surface area contributed by atoms with Gasteiger partial charge in [-0.05, 0) is 13.8 Å². The van der Waals surface area contributed by atoms with Crippen LogP contribution in [0.1, 0.15) is 30.6 Å². The van der Waals surface area contributed by atoms with Gasteiger partial charge in [-0.3, -0.25) is 19.0 Å². The summed E-state index contributed by atoms with van der Waals surface area (Å²) in [6.45, 7) is 3.71. The van der Waals surface area contributed by atoms with Crippen LogP contribution in [0.5, 0.6) is 0 Å². The molecule has 0 spiro atoms. The highest BCUT2D eigenvalue weighted by Gasteiger charge is 2.27. The van der Waals surface area contributed by atoms with Gasteiger partial charge in [-0.15, -0.1) is 0 Å². The highest BCUT2D eigenvalue weighted by Crippen LogP contribution is 2.20. The van der Waals surface area contributed by atoms with Crippen molar-refractivity contribution in [2.75, 3.05) is 5.75 Å². The smallest absolute Gasteiger partial charge is 0.305 e. The summed E-state index contributed by atoms with van der Waals surface area (Å²) < 4.78 is 1.46. The zero-order valence-electron chi connectivity index (χ0n) is 11.2. The zero-order valence-corrected chi connectivity index (χ0v) is 12.0. The molecule has 0 bridgehead atoms. The molecule has 108 valence electrons. The SMILES string of the molecule is CC(C)(CC(=O)O)NC(=O)c1cnc2n(c1=O)CCS2. The Kier molecular flexibility index (Phi) is 3.85. The number of aliphatic carboxylic acids is 1. The number of aromatic nitrogens is 2. The molecular weight excluding hydrogens is 282 g/mol. The highest BCUT2D eigenvalue weighted by atomic mass is 32.2. The molecule has 1 amide bonds. The molecule has 2 heterocycles. The Morgan fingerprint density at radius 3 is 2.90 bits per heavy atom. The van der Waals surface area contributed by atoms with Crippen molar-refractivity contribution in [2.24, 2.45) is 0 Å². The quantitative estimate of drug-likeness (QED) is 0.777. The predicted molar refractivity (Wildman–Crippen MR) is 73.0 cm³/mol. The second kappa shape index (κ2) is 5.28. The number of hydrogen-bond donors (Lipinski definition) is 2. The average Bonchev–Trinajstić information content (AvgIpc) is 2.75. The maximum Gasteiger partial charge on any atom is 0.305 e. The summed E-state index contributed by atoms with van der Waals surface area (Å²) in [5.74, 6) is -0.853. The summed E-state index contributed by atoms with van der Waals surface area (Å²) in [6, 6.07) is 0. The Bertz CT molecular complexity index is 624. The Hall–Kier alpha value is -1.83. The fourth-order valence-corrected chi connectivity index (χ4v) is 2.88. The lowest BCUT2D eigenvalue weighted by atomic mass is 10.0. The minimum Gasteiger partial charge on any atom is -0.481 e. The van der Waals surface area contributed by atoms with Crippen molar-refractivity contribution in [2.45, 2.75) is 37.5 Å². The predicted octanol–water partition coefficient (Wildman–Crippen LogP) is 0.332. The van der Waals surface area contributed by atoms with Crippen LogP contribution in [-0.4, -0.2) is 37.8 Å². The van der Waals surface area contributed by atoms with Crippen molar-refractivity contribution < 1.29 is 14.7 Å². The van der Waals surface area contributed by atoms with Gasteiger partial charge >= 0.3 is 5.97 Å². The second-order valence-corrected chi connectivity index (χ2v) is 6.23. The number of hydrogen-bond acceptors (Lipinski definition) is 5. The number of rotatable bonds is 4. The lowest BCUT2D eigenvalue weighted by Gasteiger charge is -2.24. The summed E-state index contributed by atoms with van der Waals surface area (Å²) >= 11 is 1.47. The number of nitrogens with one attached hydrogen (secondary N) is 1. The monoisotopic (exact) mass is 297 g/mol. The van der Waals surface area contributed by atoms with E-state index in [9.17, 15) is 14.4 Å². The van der Waals surface area contributed by atoms with E-state index in [1.54, 1.807) is 13.8 Å². The van der Waals surface area contributed by atoms with Crippen molar-refractivity contribution in [3.63, 3.8) is 0 Å². The molecule has 1 aromatic heterocycles. The molecule has 1 aliphatic heterocycles. The minimum absolute atomic E-state index is 0.0605. The average molecular weight is 297 g/mol. The molecule has 0 aromatic carbocycles. The molecule has 0 atom stereocenters. The Morgan fingerprint density at radius 2 is 2.25 bits per heavy atom.